The molecule has 324 valence electrons. The fourth-order valence-electron chi connectivity index (χ4n) is 18.0. The maximum absolute atomic E-state index is 15.2. The van der Waals surface area contributed by atoms with Gasteiger partial charge in [-0.3, -0.25) is 9.59 Å². The Balaban J connectivity index is 0.943. The van der Waals surface area contributed by atoms with Crippen molar-refractivity contribution in [2.75, 3.05) is 32.2 Å². The summed E-state index contributed by atoms with van der Waals surface area (Å²) in [5, 5.41) is 11.1. The van der Waals surface area contributed by atoms with Gasteiger partial charge in [0.25, 0.3) is 0 Å². The van der Waals surface area contributed by atoms with Gasteiger partial charge in [0.1, 0.15) is 0 Å². The van der Waals surface area contributed by atoms with Gasteiger partial charge >= 0.3 is 0 Å². The lowest BCUT2D eigenvalue weighted by Crippen LogP contribution is -2.68. The number of nitrogens with two attached hydrogens (primary N) is 1. The lowest BCUT2D eigenvalue weighted by Gasteiger charge is -2.70. The van der Waals surface area contributed by atoms with Crippen LogP contribution in [0.25, 0.3) is 0 Å². The number of rotatable bonds is 13. The minimum Gasteiger partial charge on any atom is -0.381 e. The van der Waals surface area contributed by atoms with E-state index in [0.717, 1.165) is 116 Å². The van der Waals surface area contributed by atoms with Crippen LogP contribution in [0.5, 0.6) is 0 Å². The first-order valence-electron chi connectivity index (χ1n) is 24.3. The average molecular weight is 836 g/mol. The Kier molecular flexibility index (Phi) is 9.77. The summed E-state index contributed by atoms with van der Waals surface area (Å²) in [6.07, 6.45) is 20.1. The minimum absolute atomic E-state index is 0.0127. The molecule has 1 saturated heterocycles. The number of benzene rings is 2. The number of fused-ring (bicyclic) bond motifs is 2. The maximum atomic E-state index is 15.2. The summed E-state index contributed by atoms with van der Waals surface area (Å²) in [5.74, 6) is 3.14. The van der Waals surface area contributed by atoms with E-state index in [4.69, 9.17) is 22.1 Å². The van der Waals surface area contributed by atoms with Crippen LogP contribution in [0.3, 0.4) is 0 Å². The fourth-order valence-corrected chi connectivity index (χ4v) is 18.4. The van der Waals surface area contributed by atoms with E-state index in [0.29, 0.717) is 54.7 Å². The summed E-state index contributed by atoms with van der Waals surface area (Å²) < 4.78 is 6.46. The molecule has 7 nitrogen and oxygen atoms in total. The van der Waals surface area contributed by atoms with Crippen molar-refractivity contribution in [1.82, 2.24) is 16.0 Å². The van der Waals surface area contributed by atoms with Crippen molar-refractivity contribution in [3.8, 4) is 0 Å². The van der Waals surface area contributed by atoms with Crippen molar-refractivity contribution in [1.29, 1.82) is 0 Å². The molecule has 0 radical (unpaired) electrons. The van der Waals surface area contributed by atoms with Crippen LogP contribution >= 0.6 is 11.6 Å². The quantitative estimate of drug-likeness (QED) is 0.152. The highest BCUT2D eigenvalue weighted by Gasteiger charge is 2.71. The van der Waals surface area contributed by atoms with Crippen LogP contribution in [0.1, 0.15) is 146 Å². The molecule has 0 aromatic heterocycles. The zero-order valence-electron chi connectivity index (χ0n) is 36.3. The smallest absolute Gasteiger partial charge is 0.226 e. The summed E-state index contributed by atoms with van der Waals surface area (Å²) >= 11 is 6.65. The van der Waals surface area contributed by atoms with Gasteiger partial charge in [0.2, 0.25) is 11.8 Å². The average Bonchev–Trinajstić information content (AvgIpc) is 3.87. The van der Waals surface area contributed by atoms with Crippen LogP contribution in [0, 0.1) is 39.4 Å². The first-order valence-corrected chi connectivity index (χ1v) is 24.9. The molecular weight excluding hydrogens is 764 g/mol. The molecule has 1 aliphatic heterocycles. The van der Waals surface area contributed by atoms with E-state index < -0.39 is 5.41 Å². The van der Waals surface area contributed by atoms with Gasteiger partial charge < -0.3 is 26.4 Å². The predicted octanol–water partition coefficient (Wildman–Crippen LogP) is 8.59. The maximum Gasteiger partial charge on any atom is 0.226 e. The summed E-state index contributed by atoms with van der Waals surface area (Å²) in [4.78, 5) is 29.9. The Labute approximate surface area is 364 Å². The molecule has 2 aromatic rings. The van der Waals surface area contributed by atoms with Crippen molar-refractivity contribution in [2.24, 2.45) is 45.1 Å². The first kappa shape index (κ1) is 40.3. The second kappa shape index (κ2) is 14.5. The number of amides is 2. The number of carbonyl (C=O) groups excluding carboxylic acids is 2. The zero-order valence-corrected chi connectivity index (χ0v) is 37.1. The van der Waals surface area contributed by atoms with E-state index in [1.165, 1.54) is 36.0 Å². The van der Waals surface area contributed by atoms with Gasteiger partial charge in [-0.25, -0.2) is 0 Å². The van der Waals surface area contributed by atoms with Crippen molar-refractivity contribution < 1.29 is 14.3 Å². The topological polar surface area (TPSA) is 105 Å². The summed E-state index contributed by atoms with van der Waals surface area (Å²) in [5.41, 5.74) is 9.36. The van der Waals surface area contributed by atoms with Crippen LogP contribution < -0.4 is 21.7 Å². The van der Waals surface area contributed by atoms with Crippen LogP contribution in [-0.4, -0.2) is 62.1 Å². The van der Waals surface area contributed by atoms with E-state index in [2.05, 4.69) is 77.5 Å². The van der Waals surface area contributed by atoms with Crippen molar-refractivity contribution in [3.63, 3.8) is 0 Å². The summed E-state index contributed by atoms with van der Waals surface area (Å²) in [6.45, 7) is 5.38. The Morgan fingerprint density at radius 3 is 2.02 bits per heavy atom. The van der Waals surface area contributed by atoms with E-state index in [-0.39, 0.29) is 44.6 Å². The summed E-state index contributed by atoms with van der Waals surface area (Å²) in [7, 11) is 0. The molecule has 11 atom stereocenters. The molecule has 5 N–H and O–H groups in total. The van der Waals surface area contributed by atoms with E-state index in [9.17, 15) is 4.79 Å². The molecule has 2 amide bonds. The van der Waals surface area contributed by atoms with Crippen molar-refractivity contribution in [2.45, 2.75) is 163 Å². The van der Waals surface area contributed by atoms with Crippen molar-refractivity contribution >= 4 is 23.4 Å². The molecule has 2 aromatic carbocycles. The third kappa shape index (κ3) is 6.41. The lowest BCUT2D eigenvalue weighted by molar-refractivity contribution is -0.180. The zero-order chi connectivity index (χ0) is 41.0. The molecule has 0 spiro atoms. The predicted molar refractivity (Wildman–Crippen MR) is 238 cm³/mol. The number of hydrogen-bond donors (Lipinski definition) is 4. The molecule has 10 saturated carbocycles. The van der Waals surface area contributed by atoms with E-state index in [1.54, 1.807) is 0 Å². The number of piperidine rings is 1. The highest BCUT2D eigenvalue weighted by molar-refractivity contribution is 6.17. The largest absolute Gasteiger partial charge is 0.381 e. The molecule has 1 heterocycles. The second-order valence-corrected chi connectivity index (χ2v) is 23.7. The minimum atomic E-state index is -0.451. The van der Waals surface area contributed by atoms with Gasteiger partial charge in [-0.05, 0) is 204 Å². The van der Waals surface area contributed by atoms with Gasteiger partial charge in [-0.2, -0.15) is 0 Å². The number of alkyl halides is 1. The molecule has 8 heteroatoms. The molecule has 11 aliphatic rings. The monoisotopic (exact) mass is 835 g/mol. The number of halogens is 1. The molecule has 13 rings (SSSR count). The standard InChI is InChI=1S/C52H71ClN4O3/c1-2-60-34-47-27-50(38-6-4-3-5-7-38)31-51(28-47,33-52(29-47,32-50)45(59)56-41-14-8-35(23-54)9-15-41)40-12-10-39(11-13-40)48-21-37-20-46(25-48,16-17-53)26-49(22-37,30-48)44(58)57-43-19-36-18-42(43)55-24-36/h3-7,10-13,35-37,41-43,55H,2,8-9,14-34,54H2,1H3,(H,56,59)(H,57,58)/t35-,36?,37?,41+,42?,43?,46-,47-,48-,49?,50+,51?,52?/m1/s1. The van der Waals surface area contributed by atoms with Crippen LogP contribution in [0.15, 0.2) is 54.6 Å². The van der Waals surface area contributed by atoms with Crippen molar-refractivity contribution in [3.05, 3.63) is 71.3 Å². The molecule has 60 heavy (non-hydrogen) atoms. The third-order valence-electron chi connectivity index (χ3n) is 19.2. The molecular formula is C52H71ClN4O3. The Morgan fingerprint density at radius 2 is 1.37 bits per heavy atom. The lowest BCUT2D eigenvalue weighted by atomic mass is 9.33. The Morgan fingerprint density at radius 1 is 0.717 bits per heavy atom. The summed E-state index contributed by atoms with van der Waals surface area (Å²) in [6, 6.07) is 22.2. The highest BCUT2D eigenvalue weighted by Crippen LogP contribution is 2.75. The van der Waals surface area contributed by atoms with E-state index >= 15 is 4.79 Å². The second-order valence-electron chi connectivity index (χ2n) is 23.3. The van der Waals surface area contributed by atoms with Crippen LogP contribution in [0.4, 0.5) is 0 Å². The fraction of sp³-hybridized carbons (Fsp3) is 0.731. The molecule has 10 aliphatic carbocycles. The van der Waals surface area contributed by atoms with Gasteiger partial charge in [0.05, 0.1) is 17.4 Å². The van der Waals surface area contributed by atoms with Crippen LogP contribution in [-0.2, 0) is 30.6 Å². The van der Waals surface area contributed by atoms with Crippen LogP contribution in [0.2, 0.25) is 0 Å². The van der Waals surface area contributed by atoms with E-state index in [1.807, 2.05) is 0 Å². The SMILES string of the molecule is CCOC[C@@]12CC3(C(=O)N[C@H]4CC[C@@H](CN)CC4)CC(c4ccc([C@]56CC7CC(C(=O)NC8CC9CNC8C9)(C[C@](CCCl)(C7)C5)C6)cc4)(C1)C[C@](c1ccccc1)(C3)C2. The number of hydrogen-bond acceptors (Lipinski definition) is 5. The Hall–Kier alpha value is -2.45. The normalized spacial score (nSPS) is 45.6. The molecule has 7 unspecified atom stereocenters. The first-order chi connectivity index (χ1) is 29.0. The third-order valence-corrected chi connectivity index (χ3v) is 19.4. The number of ether oxygens (including phenoxy) is 1. The number of nitrogens with one attached hydrogen (secondary N) is 3. The molecule has 11 fully saturated rings. The Bertz CT molecular complexity index is 1970. The van der Waals surface area contributed by atoms with Gasteiger partial charge in [-0.1, -0.05) is 54.6 Å². The highest BCUT2D eigenvalue weighted by atomic mass is 35.5. The van der Waals surface area contributed by atoms with Gasteiger partial charge in [0, 0.05) is 30.6 Å². The van der Waals surface area contributed by atoms with Gasteiger partial charge in [-0.15, -0.1) is 11.6 Å². The number of carbonyl (C=O) groups is 2. The molecule has 10 bridgehead atoms. The van der Waals surface area contributed by atoms with Gasteiger partial charge in [0.15, 0.2) is 0 Å².